The molecule has 1 atom stereocenters. The summed E-state index contributed by atoms with van der Waals surface area (Å²) in [6.07, 6.45) is 0.541. The van der Waals surface area contributed by atoms with Gasteiger partial charge in [-0.3, -0.25) is 9.69 Å². The van der Waals surface area contributed by atoms with E-state index >= 15 is 0 Å². The number of hydrogen-bond donors (Lipinski definition) is 3. The number of para-hydroxylation sites is 3. The number of aromatic amines is 1. The molecular formula is C25H32N4O4. The third-order valence-electron chi connectivity index (χ3n) is 5.90. The Hall–Kier alpha value is -3.07. The quantitative estimate of drug-likeness (QED) is 0.530. The second kappa shape index (κ2) is 11.2. The van der Waals surface area contributed by atoms with E-state index in [1.165, 1.54) is 0 Å². The van der Waals surface area contributed by atoms with Crippen molar-refractivity contribution in [3.05, 3.63) is 59.8 Å². The monoisotopic (exact) mass is 452 g/mol. The van der Waals surface area contributed by atoms with Crippen LogP contribution in [0.25, 0.3) is 10.9 Å². The van der Waals surface area contributed by atoms with E-state index in [-0.39, 0.29) is 5.91 Å². The number of fused-ring (bicyclic) bond motifs is 2. The molecule has 5 rings (SSSR count). The fraction of sp³-hybridized carbons (Fsp3) is 0.400. The van der Waals surface area contributed by atoms with Crippen LogP contribution >= 0.6 is 0 Å². The van der Waals surface area contributed by atoms with Crippen LogP contribution < -0.4 is 20.5 Å². The van der Waals surface area contributed by atoms with E-state index in [4.69, 9.17) is 19.9 Å². The lowest BCUT2D eigenvalue weighted by molar-refractivity contribution is -0.122. The van der Waals surface area contributed by atoms with Crippen LogP contribution in [-0.4, -0.2) is 68.0 Å². The van der Waals surface area contributed by atoms with Crippen LogP contribution in [0, 0.1) is 6.92 Å². The summed E-state index contributed by atoms with van der Waals surface area (Å²) < 4.78 is 15.5. The van der Waals surface area contributed by atoms with Gasteiger partial charge in [-0.15, -0.1) is 0 Å². The van der Waals surface area contributed by atoms with E-state index in [9.17, 15) is 4.79 Å². The predicted molar refractivity (Wildman–Crippen MR) is 128 cm³/mol. The van der Waals surface area contributed by atoms with Gasteiger partial charge in [0, 0.05) is 42.8 Å². The number of carbonyl (C=O) groups is 1. The summed E-state index contributed by atoms with van der Waals surface area (Å²) in [6.45, 7) is 7.25. The van der Waals surface area contributed by atoms with Crippen LogP contribution in [0.5, 0.6) is 11.5 Å². The minimum absolute atomic E-state index is 0.0899. The minimum Gasteiger partial charge on any atom is -0.454 e. The molecule has 0 unspecified atom stereocenters. The molecular weight excluding hydrogens is 420 g/mol. The summed E-state index contributed by atoms with van der Waals surface area (Å²) in [7, 11) is 0. The molecule has 1 saturated heterocycles. The fourth-order valence-electron chi connectivity index (χ4n) is 4.05. The fourth-order valence-corrected chi connectivity index (χ4v) is 4.05. The van der Waals surface area contributed by atoms with Crippen molar-refractivity contribution in [2.24, 2.45) is 5.73 Å². The molecule has 4 N–H and O–H groups in total. The molecule has 1 amide bonds. The van der Waals surface area contributed by atoms with Crippen molar-refractivity contribution in [3.63, 3.8) is 0 Å². The Morgan fingerprint density at radius 3 is 2.48 bits per heavy atom. The molecule has 3 heterocycles. The van der Waals surface area contributed by atoms with E-state index in [0.717, 1.165) is 66.5 Å². The normalized spacial score (nSPS) is 16.2. The van der Waals surface area contributed by atoms with Gasteiger partial charge in [0.05, 0.1) is 19.3 Å². The number of benzene rings is 2. The summed E-state index contributed by atoms with van der Waals surface area (Å²) in [5.41, 5.74) is 9.42. The Bertz CT molecular complexity index is 1040. The number of aromatic nitrogens is 1. The molecule has 1 aromatic heterocycles. The molecule has 0 aliphatic carbocycles. The molecule has 0 bridgehead atoms. The smallest absolute Gasteiger partial charge is 0.237 e. The summed E-state index contributed by atoms with van der Waals surface area (Å²) in [5, 5.41) is 4.10. The van der Waals surface area contributed by atoms with E-state index in [1.54, 1.807) is 0 Å². The molecule has 2 aliphatic rings. The van der Waals surface area contributed by atoms with Crippen molar-refractivity contribution in [2.75, 3.05) is 46.2 Å². The highest BCUT2D eigenvalue weighted by Crippen LogP contribution is 2.30. The van der Waals surface area contributed by atoms with Gasteiger partial charge >= 0.3 is 0 Å². The maximum absolute atomic E-state index is 12.3. The molecule has 0 radical (unpaired) electrons. The van der Waals surface area contributed by atoms with Gasteiger partial charge < -0.3 is 30.2 Å². The molecule has 2 aliphatic heterocycles. The molecule has 1 fully saturated rings. The summed E-state index contributed by atoms with van der Waals surface area (Å²) >= 11 is 0. The number of nitrogens with zero attached hydrogens (tertiary/aromatic N) is 1. The Kier molecular flexibility index (Phi) is 7.83. The molecule has 8 heteroatoms. The first kappa shape index (κ1) is 23.1. The van der Waals surface area contributed by atoms with E-state index in [2.05, 4.69) is 21.3 Å². The molecule has 8 nitrogen and oxygen atoms in total. The van der Waals surface area contributed by atoms with E-state index < -0.39 is 6.04 Å². The van der Waals surface area contributed by atoms with E-state index in [0.29, 0.717) is 19.8 Å². The zero-order valence-electron chi connectivity index (χ0n) is 19.0. The first-order chi connectivity index (χ1) is 16.1. The maximum Gasteiger partial charge on any atom is 0.237 e. The number of amides is 1. The molecule has 0 spiro atoms. The maximum atomic E-state index is 12.3. The number of hydrogen-bond acceptors (Lipinski definition) is 6. The number of nitrogens with two attached hydrogens (primary N) is 1. The highest BCUT2D eigenvalue weighted by atomic mass is 16.7. The summed E-state index contributed by atoms with van der Waals surface area (Å²) in [4.78, 5) is 17.9. The van der Waals surface area contributed by atoms with Crippen LogP contribution in [0.2, 0.25) is 0 Å². The molecule has 0 saturated carbocycles. The number of morpholine rings is 1. The van der Waals surface area contributed by atoms with Crippen LogP contribution in [-0.2, 0) is 16.0 Å². The van der Waals surface area contributed by atoms with Crippen molar-refractivity contribution in [1.29, 1.82) is 0 Å². The third-order valence-corrected chi connectivity index (χ3v) is 5.90. The highest BCUT2D eigenvalue weighted by Gasteiger charge is 2.18. The van der Waals surface area contributed by atoms with Gasteiger partial charge in [-0.1, -0.05) is 30.3 Å². The Morgan fingerprint density at radius 1 is 1.09 bits per heavy atom. The third kappa shape index (κ3) is 6.04. The minimum atomic E-state index is -0.535. The van der Waals surface area contributed by atoms with Crippen LogP contribution in [0.3, 0.4) is 0 Å². The first-order valence-electron chi connectivity index (χ1n) is 11.4. The number of aryl methyl sites for hydroxylation is 1. The lowest BCUT2D eigenvalue weighted by Crippen LogP contribution is -2.46. The molecule has 33 heavy (non-hydrogen) atoms. The van der Waals surface area contributed by atoms with Crippen molar-refractivity contribution < 1.29 is 19.0 Å². The SMILES string of the molecule is Cc1[nH]c2ccccc2c1C[C@H](N)C(=O)NCCN1CCOCC1.c1ccc2c(c1)OCO2. The van der Waals surface area contributed by atoms with Gasteiger partial charge in [0.2, 0.25) is 12.7 Å². The summed E-state index contributed by atoms with van der Waals surface area (Å²) in [5.74, 6) is 1.60. The van der Waals surface area contributed by atoms with Gasteiger partial charge in [0.15, 0.2) is 11.5 Å². The van der Waals surface area contributed by atoms with Crippen molar-refractivity contribution in [2.45, 2.75) is 19.4 Å². The van der Waals surface area contributed by atoms with Gasteiger partial charge in [-0.2, -0.15) is 0 Å². The van der Waals surface area contributed by atoms with Crippen molar-refractivity contribution in [1.82, 2.24) is 15.2 Å². The van der Waals surface area contributed by atoms with Gasteiger partial charge in [-0.25, -0.2) is 0 Å². The number of rotatable bonds is 6. The second-order valence-corrected chi connectivity index (χ2v) is 8.18. The predicted octanol–water partition coefficient (Wildman–Crippen LogP) is 2.21. The molecule has 2 aromatic carbocycles. The van der Waals surface area contributed by atoms with Crippen molar-refractivity contribution >= 4 is 16.8 Å². The largest absolute Gasteiger partial charge is 0.454 e. The zero-order valence-corrected chi connectivity index (χ0v) is 19.0. The topological polar surface area (TPSA) is 102 Å². The van der Waals surface area contributed by atoms with Crippen molar-refractivity contribution in [3.8, 4) is 11.5 Å². The highest BCUT2D eigenvalue weighted by molar-refractivity contribution is 5.87. The Labute approximate surface area is 194 Å². The van der Waals surface area contributed by atoms with Gasteiger partial charge in [0.25, 0.3) is 0 Å². The number of ether oxygens (including phenoxy) is 3. The molecule has 176 valence electrons. The Morgan fingerprint density at radius 2 is 1.76 bits per heavy atom. The van der Waals surface area contributed by atoms with Crippen LogP contribution in [0.4, 0.5) is 0 Å². The average Bonchev–Trinajstić information content (AvgIpc) is 3.44. The number of nitrogens with one attached hydrogen (secondary N) is 2. The number of H-pyrrole nitrogens is 1. The molecule has 3 aromatic rings. The van der Waals surface area contributed by atoms with Gasteiger partial charge in [0.1, 0.15) is 0 Å². The summed E-state index contributed by atoms with van der Waals surface area (Å²) in [6, 6.07) is 15.2. The standard InChI is InChI=1S/C18H26N4O2.C7H6O2/c1-13-15(14-4-2-3-5-17(14)21-13)12-16(19)18(23)20-6-7-22-8-10-24-11-9-22;1-2-4-7-6(3-1)8-5-9-7/h2-5,16,21H,6-12,19H2,1H3,(H,20,23);1-4H,5H2/t16-;/m0./s1. The second-order valence-electron chi connectivity index (χ2n) is 8.18. The van der Waals surface area contributed by atoms with Gasteiger partial charge in [-0.05, 0) is 37.1 Å². The lowest BCUT2D eigenvalue weighted by Gasteiger charge is -2.26. The Balaban J connectivity index is 0.000000238. The zero-order chi connectivity index (χ0) is 23.0. The number of carbonyl (C=O) groups excluding carboxylic acids is 1. The van der Waals surface area contributed by atoms with Crippen LogP contribution in [0.15, 0.2) is 48.5 Å². The lowest BCUT2D eigenvalue weighted by atomic mass is 10.0. The van der Waals surface area contributed by atoms with E-state index in [1.807, 2.05) is 49.4 Å². The average molecular weight is 453 g/mol. The first-order valence-corrected chi connectivity index (χ1v) is 11.4. The van der Waals surface area contributed by atoms with Crippen LogP contribution in [0.1, 0.15) is 11.3 Å².